The van der Waals surface area contributed by atoms with Crippen molar-refractivity contribution in [2.45, 2.75) is 32.4 Å². The van der Waals surface area contributed by atoms with E-state index < -0.39 is 0 Å². The summed E-state index contributed by atoms with van der Waals surface area (Å²) in [5.41, 5.74) is 4.67. The number of nitrogens with zero attached hydrogens (tertiary/aromatic N) is 2. The molecule has 3 aromatic rings. The molecule has 128 valence electrons. The fourth-order valence-corrected chi connectivity index (χ4v) is 4.17. The maximum Gasteiger partial charge on any atom is 0.190 e. The van der Waals surface area contributed by atoms with Crippen LogP contribution in [0.4, 0.5) is 5.69 Å². The number of benzene rings is 2. The summed E-state index contributed by atoms with van der Waals surface area (Å²) in [7, 11) is 0. The molecule has 1 atom stereocenters. The van der Waals surface area contributed by atoms with Crippen molar-refractivity contribution >= 4 is 17.0 Å². The Hall–Kier alpha value is -2.17. The second-order valence-electron chi connectivity index (χ2n) is 6.47. The standard InChI is InChI=1S/C21H22N2OS/c1-16-7-5-10-18(13-16)22-21-23(14-19-11-6-12-24-19)20(15-25-21)17-8-3-2-4-9-17/h2-5,7-10,13,15,19H,6,11-12,14H2,1H3. The van der Waals surface area contributed by atoms with Crippen LogP contribution in [0.15, 0.2) is 65.0 Å². The van der Waals surface area contributed by atoms with Gasteiger partial charge in [-0.15, -0.1) is 11.3 Å². The van der Waals surface area contributed by atoms with Gasteiger partial charge in [-0.2, -0.15) is 0 Å². The molecule has 0 radical (unpaired) electrons. The number of hydrogen-bond donors (Lipinski definition) is 0. The number of thiazole rings is 1. The van der Waals surface area contributed by atoms with Gasteiger partial charge in [0.15, 0.2) is 4.80 Å². The fraction of sp³-hybridized carbons (Fsp3) is 0.286. The van der Waals surface area contributed by atoms with Crippen LogP contribution in [-0.2, 0) is 11.3 Å². The highest BCUT2D eigenvalue weighted by Gasteiger charge is 2.18. The first-order valence-electron chi connectivity index (χ1n) is 8.76. The average Bonchev–Trinajstić information content (AvgIpc) is 3.27. The third-order valence-electron chi connectivity index (χ3n) is 4.50. The summed E-state index contributed by atoms with van der Waals surface area (Å²) >= 11 is 1.70. The van der Waals surface area contributed by atoms with E-state index in [0.717, 1.165) is 36.5 Å². The summed E-state index contributed by atoms with van der Waals surface area (Å²) in [6.45, 7) is 3.84. The molecule has 1 fully saturated rings. The quantitative estimate of drug-likeness (QED) is 0.655. The lowest BCUT2D eigenvalue weighted by atomic mass is 10.1. The zero-order valence-electron chi connectivity index (χ0n) is 14.4. The molecule has 1 saturated heterocycles. The van der Waals surface area contributed by atoms with Crippen LogP contribution >= 0.6 is 11.3 Å². The summed E-state index contributed by atoms with van der Waals surface area (Å²) in [5.74, 6) is 0. The first kappa shape index (κ1) is 16.3. The number of aromatic nitrogens is 1. The zero-order valence-corrected chi connectivity index (χ0v) is 15.2. The van der Waals surface area contributed by atoms with E-state index in [1.54, 1.807) is 11.3 Å². The molecule has 1 aliphatic rings. The minimum atomic E-state index is 0.286. The van der Waals surface area contributed by atoms with Crippen molar-refractivity contribution in [3.05, 3.63) is 70.3 Å². The maximum atomic E-state index is 5.88. The highest BCUT2D eigenvalue weighted by atomic mass is 32.1. The Morgan fingerprint density at radius 3 is 2.80 bits per heavy atom. The molecule has 0 aliphatic carbocycles. The van der Waals surface area contributed by atoms with E-state index in [2.05, 4.69) is 71.5 Å². The summed E-state index contributed by atoms with van der Waals surface area (Å²) in [6.07, 6.45) is 2.56. The van der Waals surface area contributed by atoms with Crippen LogP contribution in [-0.4, -0.2) is 17.3 Å². The van der Waals surface area contributed by atoms with Gasteiger partial charge in [0.2, 0.25) is 0 Å². The minimum Gasteiger partial charge on any atom is -0.376 e. The van der Waals surface area contributed by atoms with Gasteiger partial charge in [-0.05, 0) is 43.0 Å². The molecule has 1 aromatic heterocycles. The van der Waals surface area contributed by atoms with Crippen molar-refractivity contribution < 1.29 is 4.74 Å². The second-order valence-corrected chi connectivity index (χ2v) is 7.30. The molecular weight excluding hydrogens is 328 g/mol. The monoisotopic (exact) mass is 350 g/mol. The first-order chi connectivity index (χ1) is 12.3. The molecule has 1 unspecified atom stereocenters. The summed E-state index contributed by atoms with van der Waals surface area (Å²) in [4.78, 5) is 5.94. The van der Waals surface area contributed by atoms with Crippen LogP contribution in [0.5, 0.6) is 0 Å². The molecule has 25 heavy (non-hydrogen) atoms. The topological polar surface area (TPSA) is 26.5 Å². The van der Waals surface area contributed by atoms with E-state index in [0.29, 0.717) is 0 Å². The maximum absolute atomic E-state index is 5.88. The molecule has 0 spiro atoms. The van der Waals surface area contributed by atoms with Crippen LogP contribution in [0.25, 0.3) is 11.3 Å². The van der Waals surface area contributed by atoms with E-state index in [1.807, 2.05) is 0 Å². The van der Waals surface area contributed by atoms with Crippen molar-refractivity contribution in [3.8, 4) is 11.3 Å². The van der Waals surface area contributed by atoms with Gasteiger partial charge in [-0.3, -0.25) is 0 Å². The van der Waals surface area contributed by atoms with E-state index in [1.165, 1.54) is 16.8 Å². The summed E-state index contributed by atoms with van der Waals surface area (Å²) in [5, 5.41) is 2.21. The molecule has 0 bridgehead atoms. The molecule has 0 N–H and O–H groups in total. The highest BCUT2D eigenvalue weighted by Crippen LogP contribution is 2.23. The Balaban J connectivity index is 1.79. The number of hydrogen-bond acceptors (Lipinski definition) is 3. The van der Waals surface area contributed by atoms with Crippen molar-refractivity contribution in [2.24, 2.45) is 4.99 Å². The molecule has 0 saturated carbocycles. The van der Waals surface area contributed by atoms with Gasteiger partial charge in [0, 0.05) is 12.0 Å². The van der Waals surface area contributed by atoms with Gasteiger partial charge in [0.25, 0.3) is 0 Å². The van der Waals surface area contributed by atoms with E-state index in [4.69, 9.17) is 9.73 Å². The van der Waals surface area contributed by atoms with Crippen molar-refractivity contribution in [3.63, 3.8) is 0 Å². The molecule has 1 aliphatic heterocycles. The molecule has 3 nitrogen and oxygen atoms in total. The van der Waals surface area contributed by atoms with Gasteiger partial charge in [-0.1, -0.05) is 42.5 Å². The van der Waals surface area contributed by atoms with Gasteiger partial charge in [0.1, 0.15) is 0 Å². The van der Waals surface area contributed by atoms with Crippen LogP contribution in [0.1, 0.15) is 18.4 Å². The SMILES string of the molecule is Cc1cccc(N=c2scc(-c3ccccc3)n2CC2CCCO2)c1. The Kier molecular flexibility index (Phi) is 4.81. The first-order valence-corrected chi connectivity index (χ1v) is 9.64. The van der Waals surface area contributed by atoms with Crippen molar-refractivity contribution in [1.82, 2.24) is 4.57 Å². The van der Waals surface area contributed by atoms with Gasteiger partial charge in [-0.25, -0.2) is 4.99 Å². The third-order valence-corrected chi connectivity index (χ3v) is 5.37. The second kappa shape index (κ2) is 7.38. The van der Waals surface area contributed by atoms with E-state index >= 15 is 0 Å². The van der Waals surface area contributed by atoms with Crippen molar-refractivity contribution in [1.29, 1.82) is 0 Å². The third kappa shape index (κ3) is 3.75. The van der Waals surface area contributed by atoms with Crippen LogP contribution in [0, 0.1) is 6.92 Å². The van der Waals surface area contributed by atoms with Crippen LogP contribution in [0.2, 0.25) is 0 Å². The molecule has 4 heteroatoms. The largest absolute Gasteiger partial charge is 0.376 e. The lowest BCUT2D eigenvalue weighted by molar-refractivity contribution is 0.0968. The minimum absolute atomic E-state index is 0.286. The normalized spacial score (nSPS) is 18.0. The summed E-state index contributed by atoms with van der Waals surface area (Å²) < 4.78 is 8.20. The molecule has 2 heterocycles. The number of aryl methyl sites for hydroxylation is 1. The number of ether oxygens (including phenoxy) is 1. The smallest absolute Gasteiger partial charge is 0.190 e. The van der Waals surface area contributed by atoms with Crippen LogP contribution < -0.4 is 4.80 Å². The predicted octanol–water partition coefficient (Wildman–Crippen LogP) is 4.94. The molecule has 4 rings (SSSR count). The zero-order chi connectivity index (χ0) is 17.1. The Morgan fingerprint density at radius 2 is 2.04 bits per heavy atom. The highest BCUT2D eigenvalue weighted by molar-refractivity contribution is 7.07. The lowest BCUT2D eigenvalue weighted by Gasteiger charge is -2.14. The molecule has 0 amide bonds. The van der Waals surface area contributed by atoms with Gasteiger partial charge < -0.3 is 9.30 Å². The molecular formula is C21H22N2OS. The van der Waals surface area contributed by atoms with Crippen LogP contribution in [0.3, 0.4) is 0 Å². The van der Waals surface area contributed by atoms with Gasteiger partial charge in [0.05, 0.1) is 24.0 Å². The predicted molar refractivity (Wildman–Crippen MR) is 103 cm³/mol. The van der Waals surface area contributed by atoms with E-state index in [9.17, 15) is 0 Å². The Labute approximate surface area is 152 Å². The average molecular weight is 350 g/mol. The Morgan fingerprint density at radius 1 is 1.16 bits per heavy atom. The lowest BCUT2D eigenvalue weighted by Crippen LogP contribution is -2.24. The van der Waals surface area contributed by atoms with E-state index in [-0.39, 0.29) is 6.10 Å². The number of rotatable bonds is 4. The summed E-state index contributed by atoms with van der Waals surface area (Å²) in [6, 6.07) is 18.9. The van der Waals surface area contributed by atoms with Crippen molar-refractivity contribution in [2.75, 3.05) is 6.61 Å². The molecule has 2 aromatic carbocycles. The van der Waals surface area contributed by atoms with Gasteiger partial charge >= 0.3 is 0 Å². The Bertz CT molecular complexity index is 905. The fourth-order valence-electron chi connectivity index (χ4n) is 3.23.